The third kappa shape index (κ3) is 4.12. The van der Waals surface area contributed by atoms with Gasteiger partial charge in [-0.3, -0.25) is 0 Å². The molecule has 0 radical (unpaired) electrons. The maximum Gasteiger partial charge on any atom is 0.0883 e. The normalized spacial score (nSPS) is 12.6. The molecule has 0 fully saturated rings. The molecule has 0 saturated carbocycles. The molecule has 0 unspecified atom stereocenters. The van der Waals surface area contributed by atoms with E-state index in [-0.39, 0.29) is 0 Å². The van der Waals surface area contributed by atoms with E-state index in [1.807, 2.05) is 11.8 Å². The van der Waals surface area contributed by atoms with Gasteiger partial charge in [0.05, 0.1) is 20.1 Å². The molecule has 0 amide bonds. The summed E-state index contributed by atoms with van der Waals surface area (Å²) in [6.45, 7) is 2.30. The fourth-order valence-corrected chi connectivity index (χ4v) is 2.90. The summed E-state index contributed by atoms with van der Waals surface area (Å²) in [5, 5.41) is 0. The molecule has 1 nitrogen and oxygen atoms in total. The highest BCUT2D eigenvalue weighted by molar-refractivity contribution is 7.99. The monoisotopic (exact) mass is 272 g/mol. The first-order valence-electron chi connectivity index (χ1n) is 6.77. The molecule has 19 heavy (non-hydrogen) atoms. The van der Waals surface area contributed by atoms with Gasteiger partial charge in [-0.2, -0.15) is 0 Å². The second kappa shape index (κ2) is 6.78. The molecule has 0 aliphatic heterocycles. The Hall–Kier alpha value is -1.25. The summed E-state index contributed by atoms with van der Waals surface area (Å²) in [4.78, 5) is 4.18. The molecule has 1 atom stereocenters. The molecule has 0 aliphatic rings. The van der Waals surface area contributed by atoms with Gasteiger partial charge < -0.3 is 4.90 Å². The first-order valence-corrected chi connectivity index (χ1v) is 7.59. The van der Waals surface area contributed by atoms with E-state index in [1.165, 1.54) is 20.3 Å². The van der Waals surface area contributed by atoms with E-state index in [4.69, 9.17) is 0 Å². The molecule has 2 aromatic rings. The van der Waals surface area contributed by atoms with Crippen LogP contribution in [0.2, 0.25) is 0 Å². The Bertz CT molecular complexity index is 508. The molecule has 2 aromatic carbocycles. The standard InChI is InChI=1S/C17H21NS/c1-14(18(2)3)13-15-9-7-8-12-17(15)19-16-10-5-4-6-11-16/h4-12,14H,13H2,1-3H3/p+1/t14-/m1/s1. The van der Waals surface area contributed by atoms with Crippen LogP contribution in [-0.4, -0.2) is 20.1 Å². The molecular weight excluding hydrogens is 250 g/mol. The molecule has 100 valence electrons. The zero-order valence-electron chi connectivity index (χ0n) is 11.9. The van der Waals surface area contributed by atoms with E-state index in [2.05, 4.69) is 75.6 Å². The van der Waals surface area contributed by atoms with Crippen LogP contribution in [0.15, 0.2) is 64.4 Å². The second-order valence-corrected chi connectivity index (χ2v) is 6.32. The summed E-state index contributed by atoms with van der Waals surface area (Å²) in [5.41, 5.74) is 1.45. The molecule has 0 aliphatic carbocycles. The molecule has 1 N–H and O–H groups in total. The predicted molar refractivity (Wildman–Crippen MR) is 83.0 cm³/mol. The topological polar surface area (TPSA) is 4.44 Å². The quantitative estimate of drug-likeness (QED) is 0.877. The fraction of sp³-hybridized carbons (Fsp3) is 0.294. The van der Waals surface area contributed by atoms with Crippen molar-refractivity contribution in [2.45, 2.75) is 29.2 Å². The van der Waals surface area contributed by atoms with Gasteiger partial charge in [-0.25, -0.2) is 0 Å². The third-order valence-electron chi connectivity index (χ3n) is 3.46. The van der Waals surface area contributed by atoms with Crippen LogP contribution in [0, 0.1) is 0 Å². The van der Waals surface area contributed by atoms with Gasteiger partial charge in [0.25, 0.3) is 0 Å². The maximum absolute atomic E-state index is 2.30. The Morgan fingerprint density at radius 1 is 0.947 bits per heavy atom. The van der Waals surface area contributed by atoms with E-state index in [0.717, 1.165) is 6.42 Å². The lowest BCUT2D eigenvalue weighted by atomic mass is 10.1. The number of rotatable bonds is 5. The lowest BCUT2D eigenvalue weighted by Gasteiger charge is -2.18. The van der Waals surface area contributed by atoms with E-state index < -0.39 is 0 Å². The molecule has 2 heteroatoms. The van der Waals surface area contributed by atoms with Gasteiger partial charge in [0, 0.05) is 16.2 Å². The average molecular weight is 272 g/mol. The molecule has 0 saturated heterocycles. The lowest BCUT2D eigenvalue weighted by Crippen LogP contribution is -3.09. The highest BCUT2D eigenvalue weighted by Gasteiger charge is 2.12. The first kappa shape index (κ1) is 14.2. The lowest BCUT2D eigenvalue weighted by molar-refractivity contribution is -0.883. The molecule has 2 rings (SSSR count). The largest absolute Gasteiger partial charge is 0.337 e. The first-order chi connectivity index (χ1) is 9.16. The molecule has 0 bridgehead atoms. The van der Waals surface area contributed by atoms with Crippen molar-refractivity contribution in [3.8, 4) is 0 Å². The van der Waals surface area contributed by atoms with E-state index in [9.17, 15) is 0 Å². The van der Waals surface area contributed by atoms with Crippen molar-refractivity contribution in [1.82, 2.24) is 0 Å². The highest BCUT2D eigenvalue weighted by Crippen LogP contribution is 2.30. The van der Waals surface area contributed by atoms with Gasteiger partial charge in [-0.1, -0.05) is 48.2 Å². The second-order valence-electron chi connectivity index (χ2n) is 5.21. The summed E-state index contributed by atoms with van der Waals surface area (Å²) in [6, 6.07) is 20.0. The van der Waals surface area contributed by atoms with Crippen LogP contribution >= 0.6 is 11.8 Å². The van der Waals surface area contributed by atoms with Crippen LogP contribution in [0.1, 0.15) is 12.5 Å². The van der Waals surface area contributed by atoms with E-state index in [1.54, 1.807) is 0 Å². The molecule has 0 aromatic heterocycles. The van der Waals surface area contributed by atoms with Crippen LogP contribution in [-0.2, 0) is 6.42 Å². The van der Waals surface area contributed by atoms with Crippen molar-refractivity contribution >= 4 is 11.8 Å². The number of benzene rings is 2. The number of quaternary nitrogens is 1. The van der Waals surface area contributed by atoms with Crippen molar-refractivity contribution in [3.05, 3.63) is 60.2 Å². The Balaban J connectivity index is 2.17. The van der Waals surface area contributed by atoms with Gasteiger partial charge in [-0.05, 0) is 30.7 Å². The Labute approximate surface area is 120 Å². The zero-order valence-corrected chi connectivity index (χ0v) is 12.7. The van der Waals surface area contributed by atoms with Crippen LogP contribution in [0.25, 0.3) is 0 Å². The SMILES string of the molecule is C[C@H](Cc1ccccc1Sc1ccccc1)[NH+](C)C. The minimum Gasteiger partial charge on any atom is -0.337 e. The minimum atomic E-state index is 0.637. The van der Waals surface area contributed by atoms with Gasteiger partial charge in [-0.15, -0.1) is 0 Å². The van der Waals surface area contributed by atoms with Crippen molar-refractivity contribution in [2.75, 3.05) is 14.1 Å². The van der Waals surface area contributed by atoms with Crippen molar-refractivity contribution in [3.63, 3.8) is 0 Å². The van der Waals surface area contributed by atoms with Gasteiger partial charge >= 0.3 is 0 Å². The summed E-state index contributed by atoms with van der Waals surface area (Å²) < 4.78 is 0. The summed E-state index contributed by atoms with van der Waals surface area (Å²) >= 11 is 1.86. The third-order valence-corrected chi connectivity index (χ3v) is 4.58. The fourth-order valence-electron chi connectivity index (χ4n) is 1.92. The predicted octanol–water partition coefficient (Wildman–Crippen LogP) is 2.91. The van der Waals surface area contributed by atoms with Gasteiger partial charge in [0.1, 0.15) is 0 Å². The van der Waals surface area contributed by atoms with Crippen LogP contribution in [0.5, 0.6) is 0 Å². The number of hydrogen-bond acceptors (Lipinski definition) is 1. The van der Waals surface area contributed by atoms with Crippen molar-refractivity contribution < 1.29 is 4.90 Å². The summed E-state index contributed by atoms with van der Waals surface area (Å²) in [5.74, 6) is 0. The van der Waals surface area contributed by atoms with Gasteiger partial charge in [0.15, 0.2) is 0 Å². The number of hydrogen-bond donors (Lipinski definition) is 1. The van der Waals surface area contributed by atoms with Gasteiger partial charge in [0.2, 0.25) is 0 Å². The van der Waals surface area contributed by atoms with Crippen LogP contribution in [0.4, 0.5) is 0 Å². The number of nitrogens with one attached hydrogen (secondary N) is 1. The molecular formula is C17H22NS+. The Morgan fingerprint density at radius 3 is 2.26 bits per heavy atom. The minimum absolute atomic E-state index is 0.637. The summed E-state index contributed by atoms with van der Waals surface area (Å²) in [7, 11) is 4.44. The van der Waals surface area contributed by atoms with Crippen LogP contribution < -0.4 is 4.90 Å². The smallest absolute Gasteiger partial charge is 0.0883 e. The van der Waals surface area contributed by atoms with Crippen molar-refractivity contribution in [2.24, 2.45) is 0 Å². The Morgan fingerprint density at radius 2 is 1.58 bits per heavy atom. The van der Waals surface area contributed by atoms with E-state index >= 15 is 0 Å². The van der Waals surface area contributed by atoms with Crippen molar-refractivity contribution in [1.29, 1.82) is 0 Å². The summed E-state index contributed by atoms with van der Waals surface area (Å²) in [6.07, 6.45) is 1.12. The van der Waals surface area contributed by atoms with E-state index in [0.29, 0.717) is 6.04 Å². The Kier molecular flexibility index (Phi) is 5.06. The number of likely N-dealkylation sites (N-methyl/N-ethyl adjacent to an activating group) is 1. The van der Waals surface area contributed by atoms with Crippen LogP contribution in [0.3, 0.4) is 0 Å². The highest BCUT2D eigenvalue weighted by atomic mass is 32.2. The molecule has 0 spiro atoms. The zero-order chi connectivity index (χ0) is 13.7. The average Bonchev–Trinajstić information content (AvgIpc) is 2.42. The molecule has 0 heterocycles. The maximum atomic E-state index is 2.30.